The molecule has 124 valence electrons. The third kappa shape index (κ3) is 2.65. The zero-order valence-electron chi connectivity index (χ0n) is 13.9. The van der Waals surface area contributed by atoms with Crippen LogP contribution >= 0.6 is 0 Å². The third-order valence-electron chi connectivity index (χ3n) is 4.56. The monoisotopic (exact) mass is 341 g/mol. The van der Waals surface area contributed by atoms with Crippen LogP contribution in [0.5, 0.6) is 0 Å². The smallest absolute Gasteiger partial charge is 0.232 e. The molecule has 24 heavy (non-hydrogen) atoms. The lowest BCUT2D eigenvalue weighted by atomic mass is 9.88. The van der Waals surface area contributed by atoms with Crippen molar-refractivity contribution in [1.82, 2.24) is 4.31 Å². The quantitative estimate of drug-likeness (QED) is 0.830. The van der Waals surface area contributed by atoms with Gasteiger partial charge in [-0.25, -0.2) is 8.42 Å². The summed E-state index contributed by atoms with van der Waals surface area (Å²) < 4.78 is 25.9. The van der Waals surface area contributed by atoms with Crippen LogP contribution in [-0.4, -0.2) is 36.8 Å². The zero-order chi connectivity index (χ0) is 17.5. The predicted molar refractivity (Wildman–Crippen MR) is 94.9 cm³/mol. The summed E-state index contributed by atoms with van der Waals surface area (Å²) in [7, 11) is -3.37. The highest BCUT2D eigenvalue weighted by molar-refractivity contribution is 7.88. The Balaban J connectivity index is 2.15. The van der Waals surface area contributed by atoms with E-state index in [1.807, 2.05) is 38.1 Å². The van der Waals surface area contributed by atoms with Gasteiger partial charge >= 0.3 is 0 Å². The number of nitrogens with zero attached hydrogens (tertiary/aromatic N) is 3. The van der Waals surface area contributed by atoms with Crippen molar-refractivity contribution in [3.05, 3.63) is 52.7 Å². The van der Waals surface area contributed by atoms with Crippen LogP contribution in [0.25, 0.3) is 6.08 Å². The van der Waals surface area contributed by atoms with E-state index in [4.69, 9.17) is 10.3 Å². The minimum atomic E-state index is -3.37. The van der Waals surface area contributed by atoms with E-state index in [0.717, 1.165) is 16.8 Å². The number of nitriles is 1. The van der Waals surface area contributed by atoms with Gasteiger partial charge in [-0.05, 0) is 49.3 Å². The molecule has 6 heteroatoms. The SMILES string of the molecule is CC1=CC(C)=N[C@]12CCN(S(C)(=O)=O)/C2=C/c1ccc(C#N)cc1. The van der Waals surface area contributed by atoms with E-state index in [1.54, 1.807) is 12.1 Å². The van der Waals surface area contributed by atoms with Crippen molar-refractivity contribution in [2.24, 2.45) is 4.99 Å². The fraction of sp³-hybridized carbons (Fsp3) is 0.333. The van der Waals surface area contributed by atoms with Gasteiger partial charge in [-0.3, -0.25) is 9.30 Å². The van der Waals surface area contributed by atoms with Gasteiger partial charge in [0, 0.05) is 18.7 Å². The highest BCUT2D eigenvalue weighted by Crippen LogP contribution is 2.45. The fourth-order valence-corrected chi connectivity index (χ4v) is 4.42. The molecule has 1 fully saturated rings. The Morgan fingerprint density at radius 3 is 2.46 bits per heavy atom. The molecule has 2 aliphatic heterocycles. The largest absolute Gasteiger partial charge is 0.273 e. The summed E-state index contributed by atoms with van der Waals surface area (Å²) in [6, 6.07) is 9.18. The van der Waals surface area contributed by atoms with E-state index in [-0.39, 0.29) is 0 Å². The Labute approximate surface area is 142 Å². The Morgan fingerprint density at radius 1 is 1.29 bits per heavy atom. The van der Waals surface area contributed by atoms with Crippen molar-refractivity contribution >= 4 is 21.8 Å². The molecule has 0 bridgehead atoms. The molecule has 3 rings (SSSR count). The van der Waals surface area contributed by atoms with Crippen LogP contribution in [0.3, 0.4) is 0 Å². The predicted octanol–water partition coefficient (Wildman–Crippen LogP) is 2.72. The standard InChI is InChI=1S/C18H19N3O2S/c1-13-10-14(2)20-18(13)8-9-21(24(3,22)23)17(18)11-15-4-6-16(12-19)7-5-15/h4-7,10-11H,8-9H2,1-3H3/b17-11+/t18-/m1/s1. The van der Waals surface area contributed by atoms with Crippen molar-refractivity contribution in [2.75, 3.05) is 12.8 Å². The summed E-state index contributed by atoms with van der Waals surface area (Å²) in [5.74, 6) is 0. The van der Waals surface area contributed by atoms with Gasteiger partial charge in [0.25, 0.3) is 0 Å². The number of hydrogen-bond acceptors (Lipinski definition) is 4. The van der Waals surface area contributed by atoms with Crippen molar-refractivity contribution in [1.29, 1.82) is 5.26 Å². The molecule has 2 heterocycles. The molecule has 1 aromatic carbocycles. The number of benzene rings is 1. The summed E-state index contributed by atoms with van der Waals surface area (Å²) in [5.41, 5.74) is 3.48. The van der Waals surface area contributed by atoms with Gasteiger partial charge in [-0.2, -0.15) is 5.26 Å². The Kier molecular flexibility index (Phi) is 3.84. The van der Waals surface area contributed by atoms with Crippen LogP contribution < -0.4 is 0 Å². The first-order valence-electron chi connectivity index (χ1n) is 7.71. The first-order valence-corrected chi connectivity index (χ1v) is 9.56. The van der Waals surface area contributed by atoms with Crippen molar-refractivity contribution in [2.45, 2.75) is 25.8 Å². The molecule has 0 aromatic heterocycles. The lowest BCUT2D eigenvalue weighted by Crippen LogP contribution is -2.32. The minimum absolute atomic E-state index is 0.420. The van der Waals surface area contributed by atoms with Gasteiger partial charge in [0.15, 0.2) is 0 Å². The van der Waals surface area contributed by atoms with Crippen LogP contribution in [0, 0.1) is 11.3 Å². The highest BCUT2D eigenvalue weighted by Gasteiger charge is 2.48. The maximum atomic E-state index is 12.2. The molecule has 0 amide bonds. The molecule has 1 saturated heterocycles. The first kappa shape index (κ1) is 16.5. The molecule has 2 aliphatic rings. The van der Waals surface area contributed by atoms with Crippen molar-refractivity contribution < 1.29 is 8.42 Å². The molecular formula is C18H19N3O2S. The molecule has 0 N–H and O–H groups in total. The zero-order valence-corrected chi connectivity index (χ0v) is 14.8. The molecule has 1 spiro atoms. The lowest BCUT2D eigenvalue weighted by molar-refractivity contribution is 0.515. The maximum Gasteiger partial charge on any atom is 0.232 e. The molecule has 1 atom stereocenters. The normalized spacial score (nSPS) is 25.1. The average molecular weight is 341 g/mol. The van der Waals surface area contributed by atoms with E-state index < -0.39 is 15.6 Å². The van der Waals surface area contributed by atoms with Gasteiger partial charge in [-0.1, -0.05) is 12.1 Å². The average Bonchev–Trinajstić information content (AvgIpc) is 3.01. The molecule has 0 saturated carbocycles. The van der Waals surface area contributed by atoms with Gasteiger partial charge in [0.05, 0.1) is 23.6 Å². The summed E-state index contributed by atoms with van der Waals surface area (Å²) >= 11 is 0. The molecule has 0 unspecified atom stereocenters. The minimum Gasteiger partial charge on any atom is -0.273 e. The van der Waals surface area contributed by atoms with Crippen LogP contribution in [0.4, 0.5) is 0 Å². The summed E-state index contributed by atoms with van der Waals surface area (Å²) in [4.78, 5) is 4.77. The van der Waals surface area contributed by atoms with Crippen molar-refractivity contribution in [3.8, 4) is 6.07 Å². The highest BCUT2D eigenvalue weighted by atomic mass is 32.2. The van der Waals surface area contributed by atoms with E-state index >= 15 is 0 Å². The van der Waals surface area contributed by atoms with Gasteiger partial charge in [0.1, 0.15) is 5.54 Å². The van der Waals surface area contributed by atoms with Crippen molar-refractivity contribution in [3.63, 3.8) is 0 Å². The number of rotatable bonds is 2. The summed E-state index contributed by atoms with van der Waals surface area (Å²) in [6.07, 6.45) is 5.75. The van der Waals surface area contributed by atoms with Crippen LogP contribution in [0.15, 0.2) is 46.6 Å². The molecule has 0 radical (unpaired) electrons. The van der Waals surface area contributed by atoms with Gasteiger partial charge in [-0.15, -0.1) is 0 Å². The molecule has 1 aromatic rings. The number of allylic oxidation sites excluding steroid dienone is 1. The van der Waals surface area contributed by atoms with Gasteiger partial charge < -0.3 is 0 Å². The first-order chi connectivity index (χ1) is 11.3. The molecular weight excluding hydrogens is 322 g/mol. The lowest BCUT2D eigenvalue weighted by Gasteiger charge is -2.27. The van der Waals surface area contributed by atoms with E-state index in [2.05, 4.69) is 6.07 Å². The van der Waals surface area contributed by atoms with Gasteiger partial charge in [0.2, 0.25) is 10.0 Å². The van der Waals surface area contributed by atoms with E-state index in [9.17, 15) is 8.42 Å². The second-order valence-corrected chi connectivity index (χ2v) is 8.20. The van der Waals surface area contributed by atoms with Crippen LogP contribution in [0.2, 0.25) is 0 Å². The molecule has 0 aliphatic carbocycles. The number of sulfonamides is 1. The summed E-state index contributed by atoms with van der Waals surface area (Å²) in [5, 5.41) is 8.91. The van der Waals surface area contributed by atoms with Crippen LogP contribution in [0.1, 0.15) is 31.4 Å². The van der Waals surface area contributed by atoms with E-state index in [1.165, 1.54) is 10.6 Å². The Hall–Kier alpha value is -2.39. The summed E-state index contributed by atoms with van der Waals surface area (Å²) in [6.45, 7) is 4.35. The number of aliphatic imine (C=N–C) groups is 1. The Morgan fingerprint density at radius 2 is 1.96 bits per heavy atom. The third-order valence-corrected chi connectivity index (χ3v) is 5.74. The fourth-order valence-electron chi connectivity index (χ4n) is 3.43. The number of hydrogen-bond donors (Lipinski definition) is 0. The second kappa shape index (κ2) is 5.60. The van der Waals surface area contributed by atoms with Crippen LogP contribution in [-0.2, 0) is 10.0 Å². The molecule has 5 nitrogen and oxygen atoms in total. The second-order valence-electron chi connectivity index (χ2n) is 6.29. The Bertz CT molecular complexity index is 918. The topological polar surface area (TPSA) is 73.5 Å². The van der Waals surface area contributed by atoms with E-state index in [0.29, 0.717) is 24.2 Å². The maximum absolute atomic E-state index is 12.2.